The zero-order valence-electron chi connectivity index (χ0n) is 16.6. The van der Waals surface area contributed by atoms with E-state index in [1.165, 1.54) is 5.56 Å². The highest BCUT2D eigenvalue weighted by Crippen LogP contribution is 2.37. The predicted octanol–water partition coefficient (Wildman–Crippen LogP) is 4.11. The zero-order valence-corrected chi connectivity index (χ0v) is 17.4. The van der Waals surface area contributed by atoms with Gasteiger partial charge in [0.15, 0.2) is 22.4 Å². The molecule has 1 atom stereocenters. The second-order valence-corrected chi connectivity index (χ2v) is 7.79. The molecule has 6 heteroatoms. The van der Waals surface area contributed by atoms with Crippen LogP contribution in [-0.4, -0.2) is 18.0 Å². The Kier molecular flexibility index (Phi) is 5.53. The third-order valence-corrected chi connectivity index (χ3v) is 5.54. The third-order valence-electron chi connectivity index (χ3n) is 5.32. The van der Waals surface area contributed by atoms with Gasteiger partial charge < -0.3 is 20.1 Å². The van der Waals surface area contributed by atoms with Gasteiger partial charge in [0.2, 0.25) is 0 Å². The van der Waals surface area contributed by atoms with E-state index in [1.807, 2.05) is 18.2 Å². The molecule has 2 aliphatic rings. The number of allylic oxidation sites excluding steroid dienone is 1. The van der Waals surface area contributed by atoms with Crippen molar-refractivity contribution in [2.45, 2.75) is 38.8 Å². The van der Waals surface area contributed by atoms with Gasteiger partial charge in [-0.1, -0.05) is 35.9 Å². The minimum atomic E-state index is -0.279. The van der Waals surface area contributed by atoms with Crippen LogP contribution in [0, 0.1) is 6.92 Å². The van der Waals surface area contributed by atoms with Crippen LogP contribution in [-0.2, 0) is 11.4 Å². The van der Waals surface area contributed by atoms with Crippen LogP contribution in [0.5, 0.6) is 11.5 Å². The average Bonchev–Trinajstić information content (AvgIpc) is 2.72. The van der Waals surface area contributed by atoms with Crippen molar-refractivity contribution in [3.63, 3.8) is 0 Å². The molecule has 0 fully saturated rings. The first-order valence-electron chi connectivity index (χ1n) is 9.75. The molecule has 2 aromatic carbocycles. The minimum absolute atomic E-state index is 0.164. The molecular formula is C23H24N2O3S. The summed E-state index contributed by atoms with van der Waals surface area (Å²) in [6, 6.07) is 13.7. The number of rotatable bonds is 5. The van der Waals surface area contributed by atoms with E-state index in [2.05, 4.69) is 41.8 Å². The van der Waals surface area contributed by atoms with E-state index in [1.54, 1.807) is 7.11 Å². The summed E-state index contributed by atoms with van der Waals surface area (Å²) >= 11 is 5.37. The highest BCUT2D eigenvalue weighted by Gasteiger charge is 2.33. The van der Waals surface area contributed by atoms with Gasteiger partial charge in [-0.3, -0.25) is 4.79 Å². The summed E-state index contributed by atoms with van der Waals surface area (Å²) in [5.74, 6) is 1.46. The highest BCUT2D eigenvalue weighted by molar-refractivity contribution is 7.80. The number of Topliss-reactive ketones (excluding diaryl/α,β-unsaturated/α-hetero) is 1. The first-order valence-corrected chi connectivity index (χ1v) is 10.2. The quantitative estimate of drug-likeness (QED) is 0.726. The normalized spacial score (nSPS) is 18.6. The molecule has 0 spiro atoms. The fraction of sp³-hybridized carbons (Fsp3) is 0.304. The van der Waals surface area contributed by atoms with E-state index in [9.17, 15) is 4.79 Å². The molecule has 150 valence electrons. The summed E-state index contributed by atoms with van der Waals surface area (Å²) in [5.41, 5.74) is 4.93. The molecule has 29 heavy (non-hydrogen) atoms. The summed E-state index contributed by atoms with van der Waals surface area (Å²) in [4.78, 5) is 12.6. The van der Waals surface area contributed by atoms with Crippen molar-refractivity contribution in [2.75, 3.05) is 7.11 Å². The number of thiocarbonyl (C=S) groups is 1. The second kappa shape index (κ2) is 8.25. The van der Waals surface area contributed by atoms with Crippen molar-refractivity contribution < 1.29 is 14.3 Å². The molecule has 0 radical (unpaired) electrons. The number of carbonyl (C=O) groups excluding carboxylic acids is 1. The number of aryl methyl sites for hydroxylation is 1. The first-order chi connectivity index (χ1) is 14.0. The highest BCUT2D eigenvalue weighted by atomic mass is 32.1. The Hall–Kier alpha value is -2.86. The van der Waals surface area contributed by atoms with Crippen molar-refractivity contribution in [1.82, 2.24) is 10.6 Å². The number of carbonyl (C=O) groups is 1. The van der Waals surface area contributed by atoms with Gasteiger partial charge in [-0.05, 0) is 55.2 Å². The number of nitrogens with one attached hydrogen (secondary N) is 2. The fourth-order valence-corrected chi connectivity index (χ4v) is 4.03. The maximum absolute atomic E-state index is 12.6. The summed E-state index contributed by atoms with van der Waals surface area (Å²) in [7, 11) is 1.62. The Morgan fingerprint density at radius 3 is 2.66 bits per heavy atom. The molecule has 0 saturated heterocycles. The predicted molar refractivity (Wildman–Crippen MR) is 116 cm³/mol. The number of methoxy groups -OCH3 is 1. The summed E-state index contributed by atoms with van der Waals surface area (Å²) in [5, 5.41) is 6.96. The number of hydrogen-bond acceptors (Lipinski definition) is 4. The lowest BCUT2D eigenvalue weighted by Gasteiger charge is -2.34. The van der Waals surface area contributed by atoms with Crippen molar-refractivity contribution >= 4 is 23.1 Å². The zero-order chi connectivity index (χ0) is 20.4. The lowest BCUT2D eigenvalue weighted by molar-refractivity contribution is -0.116. The van der Waals surface area contributed by atoms with Crippen LogP contribution >= 0.6 is 12.2 Å². The Bertz CT molecular complexity index is 982. The van der Waals surface area contributed by atoms with Crippen LogP contribution in [0.4, 0.5) is 0 Å². The number of benzene rings is 2. The van der Waals surface area contributed by atoms with Gasteiger partial charge in [0.25, 0.3) is 0 Å². The van der Waals surface area contributed by atoms with E-state index in [-0.39, 0.29) is 11.8 Å². The first kappa shape index (κ1) is 19.5. The van der Waals surface area contributed by atoms with Gasteiger partial charge in [0.05, 0.1) is 13.2 Å². The van der Waals surface area contributed by atoms with E-state index in [0.29, 0.717) is 29.6 Å². The molecule has 5 nitrogen and oxygen atoms in total. The maximum atomic E-state index is 12.6. The molecule has 0 amide bonds. The molecule has 2 aromatic rings. The van der Waals surface area contributed by atoms with Crippen LogP contribution in [0.3, 0.4) is 0 Å². The lowest BCUT2D eigenvalue weighted by atomic mass is 9.85. The minimum Gasteiger partial charge on any atom is -0.493 e. The second-order valence-electron chi connectivity index (χ2n) is 7.39. The monoisotopic (exact) mass is 408 g/mol. The van der Waals surface area contributed by atoms with E-state index in [4.69, 9.17) is 21.7 Å². The van der Waals surface area contributed by atoms with Gasteiger partial charge in [0, 0.05) is 17.7 Å². The number of ether oxygens (including phenoxy) is 2. The molecule has 4 rings (SSSR count). The maximum Gasteiger partial charge on any atom is 0.171 e. The molecule has 0 saturated carbocycles. The largest absolute Gasteiger partial charge is 0.493 e. The standard InChI is InChI=1S/C23H24N2O3S/c1-14-6-8-15(9-7-14)13-28-20-12-16(10-11-19(20)27-2)22-21-17(24-23(29)25-22)4-3-5-18(21)26/h6-12,22H,3-5,13H2,1-2H3,(H2,24,25,29). The smallest absolute Gasteiger partial charge is 0.171 e. The molecule has 1 unspecified atom stereocenters. The van der Waals surface area contributed by atoms with Crippen LogP contribution in [0.25, 0.3) is 0 Å². The SMILES string of the molecule is COc1ccc(C2NC(=S)NC3=C2C(=O)CCC3)cc1OCc1ccc(C)cc1. The molecule has 1 aliphatic carbocycles. The fourth-order valence-electron chi connectivity index (χ4n) is 3.79. The van der Waals surface area contributed by atoms with Crippen molar-refractivity contribution in [2.24, 2.45) is 0 Å². The molecule has 1 heterocycles. The topological polar surface area (TPSA) is 59.6 Å². The van der Waals surface area contributed by atoms with Gasteiger partial charge in [-0.15, -0.1) is 0 Å². The van der Waals surface area contributed by atoms with Gasteiger partial charge in [-0.25, -0.2) is 0 Å². The van der Waals surface area contributed by atoms with Gasteiger partial charge >= 0.3 is 0 Å². The Morgan fingerprint density at radius 1 is 1.10 bits per heavy atom. The molecule has 0 bridgehead atoms. The molecule has 0 aromatic heterocycles. The van der Waals surface area contributed by atoms with Crippen LogP contribution in [0.2, 0.25) is 0 Å². The molecular weight excluding hydrogens is 384 g/mol. The lowest BCUT2D eigenvalue weighted by Crippen LogP contribution is -2.46. The Labute approximate surface area is 176 Å². The van der Waals surface area contributed by atoms with E-state index in [0.717, 1.165) is 35.2 Å². The average molecular weight is 409 g/mol. The summed E-state index contributed by atoms with van der Waals surface area (Å²) < 4.78 is 11.6. The van der Waals surface area contributed by atoms with E-state index >= 15 is 0 Å². The van der Waals surface area contributed by atoms with Crippen LogP contribution < -0.4 is 20.1 Å². The van der Waals surface area contributed by atoms with Gasteiger partial charge in [-0.2, -0.15) is 0 Å². The Morgan fingerprint density at radius 2 is 1.90 bits per heavy atom. The van der Waals surface area contributed by atoms with Crippen molar-refractivity contribution in [3.05, 3.63) is 70.4 Å². The van der Waals surface area contributed by atoms with Crippen LogP contribution in [0.15, 0.2) is 53.7 Å². The molecule has 2 N–H and O–H groups in total. The van der Waals surface area contributed by atoms with Gasteiger partial charge in [0.1, 0.15) is 6.61 Å². The van der Waals surface area contributed by atoms with Crippen molar-refractivity contribution in [3.8, 4) is 11.5 Å². The number of ketones is 1. The number of hydrogen-bond donors (Lipinski definition) is 2. The Balaban J connectivity index is 1.64. The van der Waals surface area contributed by atoms with E-state index < -0.39 is 0 Å². The summed E-state index contributed by atoms with van der Waals surface area (Å²) in [6.45, 7) is 2.49. The summed E-state index contributed by atoms with van der Waals surface area (Å²) in [6.07, 6.45) is 2.26. The van der Waals surface area contributed by atoms with Crippen LogP contribution in [0.1, 0.15) is 42.0 Å². The molecule has 1 aliphatic heterocycles. The third kappa shape index (κ3) is 4.12. The van der Waals surface area contributed by atoms with Crippen molar-refractivity contribution in [1.29, 1.82) is 0 Å².